The molecule has 1 rings (SSSR count). The van der Waals surface area contributed by atoms with Crippen LogP contribution in [0.25, 0.3) is 0 Å². The first-order valence-electron chi connectivity index (χ1n) is 2.86. The Balaban J connectivity index is 3.33. The van der Waals surface area contributed by atoms with Gasteiger partial charge in [-0.15, -0.1) is 0 Å². The van der Waals surface area contributed by atoms with E-state index in [1.165, 1.54) is 0 Å². The number of rotatable bonds is 1. The minimum atomic E-state index is -1.26. The van der Waals surface area contributed by atoms with E-state index in [2.05, 4.69) is 12.2 Å². The number of benzene rings is 1. The lowest BCUT2D eigenvalue weighted by molar-refractivity contribution is 0.494. The molecule has 0 aromatic heterocycles. The summed E-state index contributed by atoms with van der Waals surface area (Å²) in [5, 5.41) is 0. The third kappa shape index (κ3) is 1.76. The molecule has 0 aliphatic carbocycles. The highest BCUT2D eigenvalue weighted by Crippen LogP contribution is 2.15. The quantitative estimate of drug-likeness (QED) is 0.390. The Bertz CT molecular complexity index is 338. The molecular weight excluding hydrogens is 209 g/mol. The summed E-state index contributed by atoms with van der Waals surface area (Å²) in [7, 11) is 0. The van der Waals surface area contributed by atoms with E-state index in [1.54, 1.807) is 0 Å². The predicted molar refractivity (Wildman–Crippen MR) is 43.9 cm³/mol. The van der Waals surface area contributed by atoms with Gasteiger partial charge in [-0.25, -0.2) is 13.2 Å². The van der Waals surface area contributed by atoms with E-state index in [1.807, 2.05) is 0 Å². The van der Waals surface area contributed by atoms with Crippen LogP contribution in [0.1, 0.15) is 5.56 Å². The van der Waals surface area contributed by atoms with Crippen LogP contribution in [0, 0.1) is 17.5 Å². The minimum Gasteiger partial charge on any atom is -0.206 e. The zero-order valence-corrected chi connectivity index (χ0v) is 7.15. The molecule has 5 heteroatoms. The van der Waals surface area contributed by atoms with Gasteiger partial charge in [0.15, 0.2) is 11.6 Å². The van der Waals surface area contributed by atoms with Gasteiger partial charge < -0.3 is 0 Å². The molecule has 0 bridgehead atoms. The molecule has 1 aromatic rings. The molecule has 0 heterocycles. The fraction of sp³-hybridized carbons (Fsp3) is 0. The van der Waals surface area contributed by atoms with E-state index in [0.29, 0.717) is 12.1 Å². The minimum absolute atomic E-state index is 0.300. The van der Waals surface area contributed by atoms with Gasteiger partial charge in [-0.2, -0.15) is 0 Å². The van der Waals surface area contributed by atoms with E-state index in [4.69, 9.17) is 11.6 Å². The third-order valence-corrected chi connectivity index (χ3v) is 1.65. The molecule has 0 saturated heterocycles. The molecule has 0 spiro atoms. The van der Waals surface area contributed by atoms with Crippen LogP contribution in [-0.2, 0) is 0 Å². The molecular formula is C7H2ClF3S. The summed E-state index contributed by atoms with van der Waals surface area (Å²) in [6.07, 6.45) is 0. The van der Waals surface area contributed by atoms with Gasteiger partial charge in [0, 0.05) is 11.6 Å². The first-order valence-corrected chi connectivity index (χ1v) is 3.65. The fourth-order valence-corrected chi connectivity index (χ4v) is 0.974. The molecule has 0 amide bonds. The summed E-state index contributed by atoms with van der Waals surface area (Å²) >= 11 is 9.62. The maximum absolute atomic E-state index is 12.7. The van der Waals surface area contributed by atoms with Gasteiger partial charge in [-0.05, 0) is 6.07 Å². The van der Waals surface area contributed by atoms with Gasteiger partial charge in [-0.1, -0.05) is 23.8 Å². The number of halogens is 4. The second kappa shape index (κ2) is 3.41. The zero-order chi connectivity index (χ0) is 9.30. The highest BCUT2D eigenvalue weighted by Gasteiger charge is 2.11. The van der Waals surface area contributed by atoms with Gasteiger partial charge in [0.05, 0.1) is 0 Å². The third-order valence-electron chi connectivity index (χ3n) is 1.22. The Kier molecular flexibility index (Phi) is 2.69. The van der Waals surface area contributed by atoms with Crippen molar-refractivity contribution in [2.75, 3.05) is 0 Å². The van der Waals surface area contributed by atoms with Gasteiger partial charge in [0.2, 0.25) is 0 Å². The molecule has 0 aliphatic rings. The molecule has 0 fully saturated rings. The SMILES string of the molecule is Fc1cc(F)c(C(=S)Cl)cc1F. The maximum atomic E-state index is 12.7. The summed E-state index contributed by atoms with van der Waals surface area (Å²) in [4.78, 5) is 0. The highest BCUT2D eigenvalue weighted by molar-refractivity contribution is 7.83. The lowest BCUT2D eigenvalue weighted by Gasteiger charge is -1.99. The normalized spacial score (nSPS) is 10.0. The Morgan fingerprint density at radius 2 is 1.58 bits per heavy atom. The van der Waals surface area contributed by atoms with Crippen molar-refractivity contribution in [2.45, 2.75) is 0 Å². The summed E-state index contributed by atoms with van der Waals surface area (Å²) in [6.45, 7) is 0. The second-order valence-electron chi connectivity index (χ2n) is 2.02. The Hall–Kier alpha value is -0.610. The second-order valence-corrected chi connectivity index (χ2v) is 3.03. The van der Waals surface area contributed by atoms with Crippen molar-refractivity contribution < 1.29 is 13.2 Å². The molecule has 12 heavy (non-hydrogen) atoms. The van der Waals surface area contributed by atoms with Crippen LogP contribution >= 0.6 is 23.8 Å². The molecule has 1 aromatic carbocycles. The number of hydrogen-bond donors (Lipinski definition) is 0. The van der Waals surface area contributed by atoms with E-state index in [-0.39, 0.29) is 9.89 Å². The molecule has 0 aliphatic heterocycles. The van der Waals surface area contributed by atoms with Crippen LogP contribution in [0.5, 0.6) is 0 Å². The van der Waals surface area contributed by atoms with Crippen LogP contribution in [0.15, 0.2) is 12.1 Å². The molecule has 0 radical (unpaired) electrons. The van der Waals surface area contributed by atoms with Crippen molar-refractivity contribution in [3.8, 4) is 0 Å². The van der Waals surface area contributed by atoms with Crippen LogP contribution in [0.2, 0.25) is 0 Å². The fourth-order valence-electron chi connectivity index (χ4n) is 0.673. The summed E-state index contributed by atoms with van der Waals surface area (Å²) < 4.78 is 37.2. The Morgan fingerprint density at radius 3 is 2.08 bits per heavy atom. The van der Waals surface area contributed by atoms with Crippen LogP contribution in [0.4, 0.5) is 13.2 Å². The van der Waals surface area contributed by atoms with Crippen LogP contribution in [-0.4, -0.2) is 4.32 Å². The van der Waals surface area contributed by atoms with E-state index in [0.717, 1.165) is 0 Å². The molecule has 0 nitrogen and oxygen atoms in total. The predicted octanol–water partition coefficient (Wildman–Crippen LogP) is 3.02. The van der Waals surface area contributed by atoms with Gasteiger partial charge in [-0.3, -0.25) is 0 Å². The maximum Gasteiger partial charge on any atom is 0.161 e. The van der Waals surface area contributed by atoms with E-state index in [9.17, 15) is 13.2 Å². The standard InChI is InChI=1S/C7H2ClF3S/c8-7(12)3-1-5(10)6(11)2-4(3)9/h1-2H. The Labute approximate surface area is 77.0 Å². The molecule has 0 N–H and O–H groups in total. The van der Waals surface area contributed by atoms with Crippen molar-refractivity contribution in [1.82, 2.24) is 0 Å². The van der Waals surface area contributed by atoms with E-state index < -0.39 is 17.5 Å². The van der Waals surface area contributed by atoms with Crippen molar-refractivity contribution in [1.29, 1.82) is 0 Å². The van der Waals surface area contributed by atoms with Crippen molar-refractivity contribution in [3.63, 3.8) is 0 Å². The van der Waals surface area contributed by atoms with Crippen LogP contribution in [0.3, 0.4) is 0 Å². The number of thiocarbonyl (C=S) groups is 1. The first kappa shape index (κ1) is 9.48. The van der Waals surface area contributed by atoms with Crippen molar-refractivity contribution in [2.24, 2.45) is 0 Å². The summed E-state index contributed by atoms with van der Waals surface area (Å²) in [6, 6.07) is 1.03. The topological polar surface area (TPSA) is 0 Å². The van der Waals surface area contributed by atoms with Crippen molar-refractivity contribution >= 4 is 28.1 Å². The molecule has 0 saturated carbocycles. The smallest absolute Gasteiger partial charge is 0.161 e. The molecule has 0 unspecified atom stereocenters. The lowest BCUT2D eigenvalue weighted by atomic mass is 10.2. The monoisotopic (exact) mass is 210 g/mol. The summed E-state index contributed by atoms with van der Waals surface area (Å²) in [5.41, 5.74) is -0.300. The van der Waals surface area contributed by atoms with Crippen LogP contribution < -0.4 is 0 Å². The average molecular weight is 211 g/mol. The zero-order valence-electron chi connectivity index (χ0n) is 5.57. The first-order chi connectivity index (χ1) is 5.52. The molecule has 64 valence electrons. The van der Waals surface area contributed by atoms with Gasteiger partial charge >= 0.3 is 0 Å². The van der Waals surface area contributed by atoms with E-state index >= 15 is 0 Å². The summed E-state index contributed by atoms with van der Waals surface area (Å²) in [5.74, 6) is -3.40. The average Bonchev–Trinajstić information content (AvgIpc) is 1.96. The van der Waals surface area contributed by atoms with Gasteiger partial charge in [0.25, 0.3) is 0 Å². The highest BCUT2D eigenvalue weighted by atomic mass is 35.5. The van der Waals surface area contributed by atoms with Crippen molar-refractivity contribution in [3.05, 3.63) is 35.1 Å². The molecule has 0 atom stereocenters. The Morgan fingerprint density at radius 1 is 1.08 bits per heavy atom. The largest absolute Gasteiger partial charge is 0.206 e. The number of hydrogen-bond acceptors (Lipinski definition) is 1. The lowest BCUT2D eigenvalue weighted by Crippen LogP contribution is -1.97. The van der Waals surface area contributed by atoms with Gasteiger partial charge in [0.1, 0.15) is 10.1 Å².